The molecular weight excluding hydrogens is 255 g/mol. The molecule has 0 spiro atoms. The highest BCUT2D eigenvalue weighted by Crippen LogP contribution is 2.23. The van der Waals surface area contributed by atoms with Crippen molar-refractivity contribution in [3.8, 4) is 0 Å². The van der Waals surface area contributed by atoms with Gasteiger partial charge in [-0.2, -0.15) is 13.2 Å². The van der Waals surface area contributed by atoms with Crippen LogP contribution in [0.15, 0.2) is 18.3 Å². The Balaban J connectivity index is 2.61. The first-order valence-corrected chi connectivity index (χ1v) is 6.42. The third-order valence-corrected chi connectivity index (χ3v) is 2.85. The Kier molecular flexibility index (Phi) is 6.08. The summed E-state index contributed by atoms with van der Waals surface area (Å²) in [5.74, 6) is 0.387. The van der Waals surface area contributed by atoms with Crippen LogP contribution in [0.5, 0.6) is 0 Å². The predicted octanol–water partition coefficient (Wildman–Crippen LogP) is 2.92. The lowest BCUT2D eigenvalue weighted by Gasteiger charge is -2.20. The van der Waals surface area contributed by atoms with Crippen LogP contribution in [-0.4, -0.2) is 23.7 Å². The van der Waals surface area contributed by atoms with E-state index in [9.17, 15) is 13.2 Å². The van der Waals surface area contributed by atoms with Crippen LogP contribution in [0.4, 0.5) is 19.0 Å². The molecule has 1 atom stereocenters. The number of nitrogens with zero attached hydrogens (tertiary/aromatic N) is 1. The van der Waals surface area contributed by atoms with E-state index in [-0.39, 0.29) is 12.5 Å². The highest BCUT2D eigenvalue weighted by atomic mass is 19.4. The minimum atomic E-state index is -4.12. The van der Waals surface area contributed by atoms with E-state index in [1.165, 1.54) is 0 Å². The Bertz CT molecular complexity index is 380. The van der Waals surface area contributed by atoms with E-state index >= 15 is 0 Å². The van der Waals surface area contributed by atoms with Gasteiger partial charge in [0, 0.05) is 18.7 Å². The number of nitrogens with one attached hydrogen (secondary N) is 1. The fourth-order valence-corrected chi connectivity index (χ4v) is 1.85. The van der Waals surface area contributed by atoms with E-state index in [1.54, 1.807) is 18.3 Å². The molecule has 3 N–H and O–H groups in total. The summed E-state index contributed by atoms with van der Waals surface area (Å²) in [5, 5.41) is 3.13. The number of rotatable bonds is 7. The van der Waals surface area contributed by atoms with Crippen molar-refractivity contribution in [3.05, 3.63) is 23.9 Å². The molecule has 0 bridgehead atoms. The van der Waals surface area contributed by atoms with Crippen molar-refractivity contribution in [1.82, 2.24) is 10.3 Å². The van der Waals surface area contributed by atoms with Crippen LogP contribution in [-0.2, 0) is 6.42 Å². The van der Waals surface area contributed by atoms with Crippen molar-refractivity contribution in [2.75, 3.05) is 12.3 Å². The number of hydrogen-bond donors (Lipinski definition) is 2. The molecule has 108 valence electrons. The van der Waals surface area contributed by atoms with Crippen molar-refractivity contribution in [3.63, 3.8) is 0 Å². The minimum absolute atomic E-state index is 0.0534. The molecular formula is C13H20F3N3. The average molecular weight is 275 g/mol. The van der Waals surface area contributed by atoms with E-state index in [0.29, 0.717) is 18.8 Å². The molecule has 1 unspecified atom stereocenters. The molecule has 19 heavy (non-hydrogen) atoms. The number of nitrogen functional groups attached to an aromatic ring is 1. The lowest BCUT2D eigenvalue weighted by Crippen LogP contribution is -2.33. The molecule has 0 aliphatic carbocycles. The maximum atomic E-state index is 12.3. The molecule has 6 heteroatoms. The summed E-state index contributed by atoms with van der Waals surface area (Å²) in [6.07, 6.45) is -1.93. The van der Waals surface area contributed by atoms with Gasteiger partial charge >= 0.3 is 6.18 Å². The number of anilines is 1. The van der Waals surface area contributed by atoms with Gasteiger partial charge in [-0.05, 0) is 37.4 Å². The maximum absolute atomic E-state index is 12.3. The summed E-state index contributed by atoms with van der Waals surface area (Å²) in [6, 6.07) is 3.32. The predicted molar refractivity (Wildman–Crippen MR) is 69.7 cm³/mol. The second-order valence-electron chi connectivity index (χ2n) is 4.56. The maximum Gasteiger partial charge on any atom is 0.389 e. The lowest BCUT2D eigenvalue weighted by atomic mass is 10.0. The van der Waals surface area contributed by atoms with Gasteiger partial charge in [-0.3, -0.25) is 0 Å². The van der Waals surface area contributed by atoms with Gasteiger partial charge in [-0.25, -0.2) is 4.98 Å². The van der Waals surface area contributed by atoms with Gasteiger partial charge in [0.25, 0.3) is 0 Å². The van der Waals surface area contributed by atoms with Crippen LogP contribution in [0.25, 0.3) is 0 Å². The first-order chi connectivity index (χ1) is 8.92. The Hall–Kier alpha value is -1.30. The van der Waals surface area contributed by atoms with Gasteiger partial charge < -0.3 is 11.1 Å². The second kappa shape index (κ2) is 7.33. The number of pyridine rings is 1. The van der Waals surface area contributed by atoms with Crippen LogP contribution in [0, 0.1) is 0 Å². The van der Waals surface area contributed by atoms with Crippen molar-refractivity contribution < 1.29 is 13.2 Å². The summed E-state index contributed by atoms with van der Waals surface area (Å²) in [7, 11) is 0. The number of aromatic nitrogens is 1. The number of hydrogen-bond acceptors (Lipinski definition) is 3. The fourth-order valence-electron chi connectivity index (χ4n) is 1.85. The van der Waals surface area contributed by atoms with Crippen molar-refractivity contribution in [1.29, 1.82) is 0 Å². The molecule has 0 aromatic carbocycles. The quantitative estimate of drug-likeness (QED) is 0.804. The van der Waals surface area contributed by atoms with E-state index in [1.807, 2.05) is 6.92 Å². The monoisotopic (exact) mass is 275 g/mol. The first-order valence-electron chi connectivity index (χ1n) is 6.42. The summed E-state index contributed by atoms with van der Waals surface area (Å²) in [6.45, 7) is 2.68. The minimum Gasteiger partial charge on any atom is -0.383 e. The molecule has 1 rings (SSSR count). The molecule has 0 saturated heterocycles. The highest BCUT2D eigenvalue weighted by molar-refractivity contribution is 5.38. The normalized spacial score (nSPS) is 13.5. The van der Waals surface area contributed by atoms with Crippen LogP contribution in [0.3, 0.4) is 0 Å². The molecule has 0 fully saturated rings. The summed E-state index contributed by atoms with van der Waals surface area (Å²) < 4.78 is 36.9. The van der Waals surface area contributed by atoms with Gasteiger partial charge in [0.05, 0.1) is 0 Å². The van der Waals surface area contributed by atoms with Crippen LogP contribution in [0.1, 0.15) is 31.7 Å². The Morgan fingerprint density at radius 3 is 2.74 bits per heavy atom. The topological polar surface area (TPSA) is 50.9 Å². The standard InChI is InChI=1S/C13H20F3N3/c1-2-7-18-11(5-6-13(14,15)16)9-10-4-3-8-19-12(10)17/h3-4,8,11,18H,2,5-7,9H2,1H3,(H2,17,19). The van der Waals surface area contributed by atoms with Gasteiger partial charge in [0.2, 0.25) is 0 Å². The fraction of sp³-hybridized carbons (Fsp3) is 0.615. The molecule has 3 nitrogen and oxygen atoms in total. The van der Waals surface area contributed by atoms with Gasteiger partial charge in [0.1, 0.15) is 5.82 Å². The molecule has 1 heterocycles. The molecule has 1 aromatic heterocycles. The first kappa shape index (κ1) is 15.8. The SMILES string of the molecule is CCCNC(CCC(F)(F)F)Cc1cccnc1N. The van der Waals surface area contributed by atoms with E-state index in [0.717, 1.165) is 12.0 Å². The molecule has 0 saturated carbocycles. The Labute approximate surface area is 111 Å². The van der Waals surface area contributed by atoms with Gasteiger partial charge in [-0.15, -0.1) is 0 Å². The Morgan fingerprint density at radius 2 is 2.16 bits per heavy atom. The number of halogens is 3. The van der Waals surface area contributed by atoms with E-state index in [4.69, 9.17) is 5.73 Å². The van der Waals surface area contributed by atoms with Gasteiger partial charge in [-0.1, -0.05) is 13.0 Å². The molecule has 0 radical (unpaired) electrons. The zero-order chi connectivity index (χ0) is 14.3. The average Bonchev–Trinajstić information content (AvgIpc) is 2.34. The van der Waals surface area contributed by atoms with Crippen LogP contribution >= 0.6 is 0 Å². The third kappa shape index (κ3) is 6.42. The largest absolute Gasteiger partial charge is 0.389 e. The zero-order valence-corrected chi connectivity index (χ0v) is 11.0. The lowest BCUT2D eigenvalue weighted by molar-refractivity contribution is -0.136. The van der Waals surface area contributed by atoms with E-state index < -0.39 is 12.6 Å². The summed E-state index contributed by atoms with van der Waals surface area (Å²) in [4.78, 5) is 3.95. The molecule has 1 aromatic rings. The summed E-state index contributed by atoms with van der Waals surface area (Å²) in [5.41, 5.74) is 6.51. The van der Waals surface area contributed by atoms with Crippen molar-refractivity contribution in [2.45, 2.75) is 44.8 Å². The zero-order valence-electron chi connectivity index (χ0n) is 11.0. The molecule has 0 aliphatic heterocycles. The Morgan fingerprint density at radius 1 is 1.42 bits per heavy atom. The highest BCUT2D eigenvalue weighted by Gasteiger charge is 2.28. The number of nitrogens with two attached hydrogens (primary N) is 1. The molecule has 0 amide bonds. The summed E-state index contributed by atoms with van der Waals surface area (Å²) >= 11 is 0. The molecule has 0 aliphatic rings. The van der Waals surface area contributed by atoms with Crippen molar-refractivity contribution >= 4 is 5.82 Å². The van der Waals surface area contributed by atoms with Crippen LogP contribution in [0.2, 0.25) is 0 Å². The number of alkyl halides is 3. The van der Waals surface area contributed by atoms with Crippen molar-refractivity contribution in [2.24, 2.45) is 0 Å². The second-order valence-corrected chi connectivity index (χ2v) is 4.56. The third-order valence-electron chi connectivity index (χ3n) is 2.85. The van der Waals surface area contributed by atoms with Crippen LogP contribution < -0.4 is 11.1 Å². The van der Waals surface area contributed by atoms with Gasteiger partial charge in [0.15, 0.2) is 0 Å². The smallest absolute Gasteiger partial charge is 0.383 e. The van der Waals surface area contributed by atoms with E-state index in [2.05, 4.69) is 10.3 Å².